The van der Waals surface area contributed by atoms with Crippen LogP contribution in [0, 0.1) is 0 Å². The first-order valence-corrected chi connectivity index (χ1v) is 6.74. The molecule has 2 aliphatic rings. The maximum atomic E-state index is 5.76. The smallest absolute Gasteiger partial charge is 0.220 e. The number of nitrogens with zero attached hydrogens (tertiary/aromatic N) is 4. The van der Waals surface area contributed by atoms with Crippen LogP contribution in [-0.4, -0.2) is 33.9 Å². The summed E-state index contributed by atoms with van der Waals surface area (Å²) in [5, 5.41) is 1.80. The summed E-state index contributed by atoms with van der Waals surface area (Å²) in [6.45, 7) is 3.35. The molecule has 0 saturated heterocycles. The van der Waals surface area contributed by atoms with Crippen LogP contribution in [0.25, 0.3) is 5.57 Å². The van der Waals surface area contributed by atoms with Crippen molar-refractivity contribution in [1.82, 2.24) is 15.0 Å². The van der Waals surface area contributed by atoms with Crippen molar-refractivity contribution in [3.8, 4) is 0 Å². The molecule has 3 rings (SSSR count). The normalized spacial score (nSPS) is 17.4. The van der Waals surface area contributed by atoms with E-state index in [1.165, 1.54) is 0 Å². The maximum absolute atomic E-state index is 5.76. The number of hydroxylamine groups is 2. The Hall–Kier alpha value is -2.21. The summed E-state index contributed by atoms with van der Waals surface area (Å²) >= 11 is 0. The Balaban J connectivity index is 1.99. The molecule has 0 bridgehead atoms. The predicted octanol–water partition coefficient (Wildman–Crippen LogP) is 1.79. The number of aliphatic imine (C=N–C) groups is 1. The Morgan fingerprint density at radius 2 is 2.35 bits per heavy atom. The lowest BCUT2D eigenvalue weighted by atomic mass is 10.1. The molecule has 20 heavy (non-hydrogen) atoms. The van der Waals surface area contributed by atoms with Gasteiger partial charge in [0, 0.05) is 24.4 Å². The summed E-state index contributed by atoms with van der Waals surface area (Å²) < 4.78 is 0. The van der Waals surface area contributed by atoms with E-state index < -0.39 is 0 Å². The zero-order valence-corrected chi connectivity index (χ0v) is 11.4. The fraction of sp³-hybridized carbons (Fsp3) is 0.357. The highest BCUT2D eigenvalue weighted by Crippen LogP contribution is 2.31. The van der Waals surface area contributed by atoms with Gasteiger partial charge >= 0.3 is 0 Å². The Labute approximate surface area is 117 Å². The number of aromatic nitrogens is 2. The Morgan fingerprint density at radius 1 is 1.45 bits per heavy atom. The molecule has 0 aromatic carbocycles. The Morgan fingerprint density at radius 3 is 3.15 bits per heavy atom. The monoisotopic (exact) mass is 271 g/mol. The van der Waals surface area contributed by atoms with Gasteiger partial charge in [-0.3, -0.25) is 9.83 Å². The first kappa shape index (κ1) is 12.8. The van der Waals surface area contributed by atoms with Crippen LogP contribution in [0.2, 0.25) is 0 Å². The molecule has 2 N–H and O–H groups in total. The van der Waals surface area contributed by atoms with E-state index in [1.807, 2.05) is 12.3 Å². The second-order valence-corrected chi connectivity index (χ2v) is 4.64. The van der Waals surface area contributed by atoms with Gasteiger partial charge in [-0.05, 0) is 12.5 Å². The van der Waals surface area contributed by atoms with E-state index in [2.05, 4.69) is 28.0 Å². The number of allylic oxidation sites excluding steroid dienone is 2. The van der Waals surface area contributed by atoms with Crippen molar-refractivity contribution in [1.29, 1.82) is 0 Å². The molecule has 0 fully saturated rings. The molecule has 0 aliphatic carbocycles. The van der Waals surface area contributed by atoms with Gasteiger partial charge in [0.05, 0.1) is 30.3 Å². The first-order chi connectivity index (χ1) is 9.79. The lowest BCUT2D eigenvalue weighted by Gasteiger charge is -2.26. The molecular formula is C14H17N5O. The average Bonchev–Trinajstić information content (AvgIpc) is 2.89. The summed E-state index contributed by atoms with van der Waals surface area (Å²) in [5.41, 5.74) is 9.55. The summed E-state index contributed by atoms with van der Waals surface area (Å²) in [6, 6.07) is 1.85. The fourth-order valence-electron chi connectivity index (χ4n) is 2.30. The van der Waals surface area contributed by atoms with Crippen LogP contribution < -0.4 is 5.73 Å². The first-order valence-electron chi connectivity index (χ1n) is 6.74. The van der Waals surface area contributed by atoms with Gasteiger partial charge < -0.3 is 5.73 Å². The van der Waals surface area contributed by atoms with Crippen LogP contribution in [0.5, 0.6) is 0 Å². The van der Waals surface area contributed by atoms with E-state index in [9.17, 15) is 0 Å². The zero-order valence-electron chi connectivity index (χ0n) is 11.4. The van der Waals surface area contributed by atoms with E-state index >= 15 is 0 Å². The van der Waals surface area contributed by atoms with Crippen LogP contribution in [-0.2, 0) is 4.84 Å². The van der Waals surface area contributed by atoms with Gasteiger partial charge in [-0.15, -0.1) is 0 Å². The minimum Gasteiger partial charge on any atom is -0.368 e. The minimum atomic E-state index is 0.274. The standard InChI is InChI=1S/C14H17N5O/c1-2-8-20-19-7-3-4-12-13(19)10(9-17-12)11-5-6-16-14(15)18-11/h3,5-7H,2,4,8-9H2,1H3,(H2,15,16,18). The molecule has 3 heterocycles. The number of hydrogen-bond acceptors (Lipinski definition) is 6. The minimum absolute atomic E-state index is 0.274. The quantitative estimate of drug-likeness (QED) is 0.903. The van der Waals surface area contributed by atoms with Crippen LogP contribution in [0.3, 0.4) is 0 Å². The van der Waals surface area contributed by atoms with Crippen LogP contribution in [0.1, 0.15) is 25.5 Å². The molecule has 0 unspecified atom stereocenters. The summed E-state index contributed by atoms with van der Waals surface area (Å²) in [7, 11) is 0. The van der Waals surface area contributed by atoms with Crippen LogP contribution in [0.4, 0.5) is 5.95 Å². The molecular weight excluding hydrogens is 254 g/mol. The van der Waals surface area contributed by atoms with Crippen LogP contribution in [0.15, 0.2) is 35.2 Å². The van der Waals surface area contributed by atoms with Gasteiger partial charge in [0.25, 0.3) is 0 Å². The van der Waals surface area contributed by atoms with Gasteiger partial charge in [0.2, 0.25) is 5.95 Å². The number of rotatable bonds is 4. The number of fused-ring (bicyclic) bond motifs is 1. The highest BCUT2D eigenvalue weighted by Gasteiger charge is 2.28. The lowest BCUT2D eigenvalue weighted by molar-refractivity contribution is -0.0874. The largest absolute Gasteiger partial charge is 0.368 e. The number of nitrogens with two attached hydrogens (primary N) is 1. The van der Waals surface area contributed by atoms with Crippen molar-refractivity contribution in [3.63, 3.8) is 0 Å². The van der Waals surface area contributed by atoms with E-state index in [1.54, 1.807) is 11.3 Å². The molecule has 2 aliphatic heterocycles. The molecule has 0 radical (unpaired) electrons. The van der Waals surface area contributed by atoms with Crippen molar-refractivity contribution in [2.24, 2.45) is 4.99 Å². The SMILES string of the molecule is CCCON1C=CCC2=NCC(c3ccnc(N)n3)=C21. The predicted molar refractivity (Wildman–Crippen MR) is 77.5 cm³/mol. The zero-order chi connectivity index (χ0) is 13.9. The number of anilines is 1. The van der Waals surface area contributed by atoms with E-state index in [0.29, 0.717) is 13.2 Å². The van der Waals surface area contributed by atoms with Crippen molar-refractivity contribution in [2.75, 3.05) is 18.9 Å². The van der Waals surface area contributed by atoms with E-state index in [4.69, 9.17) is 10.6 Å². The maximum Gasteiger partial charge on any atom is 0.220 e. The van der Waals surface area contributed by atoms with Gasteiger partial charge in [-0.2, -0.15) is 0 Å². The van der Waals surface area contributed by atoms with Crippen LogP contribution >= 0.6 is 0 Å². The van der Waals surface area contributed by atoms with Crippen molar-refractivity contribution in [2.45, 2.75) is 19.8 Å². The van der Waals surface area contributed by atoms with Crippen molar-refractivity contribution >= 4 is 17.2 Å². The molecule has 0 atom stereocenters. The topological polar surface area (TPSA) is 76.6 Å². The number of nitrogen functional groups attached to an aromatic ring is 1. The molecule has 0 saturated carbocycles. The molecule has 6 nitrogen and oxygen atoms in total. The van der Waals surface area contributed by atoms with Gasteiger partial charge in [-0.1, -0.05) is 13.0 Å². The Kier molecular flexibility index (Phi) is 3.47. The third-order valence-corrected chi connectivity index (χ3v) is 3.18. The van der Waals surface area contributed by atoms with E-state index in [0.717, 1.165) is 35.5 Å². The molecule has 6 heteroatoms. The summed E-state index contributed by atoms with van der Waals surface area (Å²) in [4.78, 5) is 18.6. The number of hydrogen-bond donors (Lipinski definition) is 1. The average molecular weight is 271 g/mol. The molecule has 1 aromatic rings. The van der Waals surface area contributed by atoms with Gasteiger partial charge in [0.15, 0.2) is 0 Å². The highest BCUT2D eigenvalue weighted by molar-refractivity contribution is 6.10. The highest BCUT2D eigenvalue weighted by atomic mass is 16.7. The summed E-state index contributed by atoms with van der Waals surface area (Å²) in [6.07, 6.45) is 7.44. The third kappa shape index (κ3) is 2.30. The van der Waals surface area contributed by atoms with E-state index in [-0.39, 0.29) is 5.95 Å². The third-order valence-electron chi connectivity index (χ3n) is 3.18. The second-order valence-electron chi connectivity index (χ2n) is 4.64. The molecule has 0 spiro atoms. The van der Waals surface area contributed by atoms with Crippen molar-refractivity contribution < 1.29 is 4.84 Å². The molecule has 1 aromatic heterocycles. The van der Waals surface area contributed by atoms with Gasteiger partial charge in [-0.25, -0.2) is 15.0 Å². The lowest BCUT2D eigenvalue weighted by Crippen LogP contribution is -2.26. The van der Waals surface area contributed by atoms with Gasteiger partial charge in [0.1, 0.15) is 0 Å². The summed E-state index contributed by atoms with van der Waals surface area (Å²) in [5.74, 6) is 0.274. The molecule has 0 amide bonds. The fourth-order valence-corrected chi connectivity index (χ4v) is 2.30. The second kappa shape index (κ2) is 5.42. The molecule has 104 valence electrons. The van der Waals surface area contributed by atoms with Crippen molar-refractivity contribution in [3.05, 3.63) is 35.9 Å². The Bertz CT molecular complexity index is 605.